The van der Waals surface area contributed by atoms with E-state index in [0.29, 0.717) is 22.8 Å². The molecule has 124 valence electrons. The lowest BCUT2D eigenvalue weighted by Crippen LogP contribution is -2.20. The summed E-state index contributed by atoms with van der Waals surface area (Å²) in [5, 5.41) is 2.55. The number of nitrogens with zero attached hydrogens (tertiary/aromatic N) is 2. The van der Waals surface area contributed by atoms with Gasteiger partial charge in [0, 0.05) is 13.2 Å². The second-order valence-electron chi connectivity index (χ2n) is 5.18. The van der Waals surface area contributed by atoms with E-state index in [1.54, 1.807) is 29.7 Å². The van der Waals surface area contributed by atoms with Gasteiger partial charge in [-0.1, -0.05) is 6.07 Å². The first-order valence-corrected chi connectivity index (χ1v) is 7.28. The molecule has 24 heavy (non-hydrogen) atoms. The maximum absolute atomic E-state index is 13.7. The predicted molar refractivity (Wildman–Crippen MR) is 84.0 cm³/mol. The van der Waals surface area contributed by atoms with Crippen LogP contribution in [0.2, 0.25) is 0 Å². The van der Waals surface area contributed by atoms with Crippen LogP contribution in [0.1, 0.15) is 21.7 Å². The average molecular weight is 331 g/mol. The van der Waals surface area contributed by atoms with E-state index in [-0.39, 0.29) is 18.1 Å². The fraction of sp³-hybridized carbons (Fsp3) is 0.176. The molecule has 0 atom stereocenters. The number of halogens is 2. The van der Waals surface area contributed by atoms with E-state index in [1.807, 2.05) is 0 Å². The van der Waals surface area contributed by atoms with Crippen molar-refractivity contribution >= 4 is 11.6 Å². The first kappa shape index (κ1) is 15.9. The van der Waals surface area contributed by atoms with Gasteiger partial charge in [-0.2, -0.15) is 0 Å². The summed E-state index contributed by atoms with van der Waals surface area (Å²) in [7, 11) is 1.53. The molecular formula is C17H15F2N3O2. The molecular weight excluding hydrogens is 316 g/mol. The fourth-order valence-electron chi connectivity index (χ4n) is 2.48. The van der Waals surface area contributed by atoms with E-state index >= 15 is 0 Å². The minimum absolute atomic E-state index is 0.158. The molecule has 0 unspecified atom stereocenters. The Morgan fingerprint density at radius 1 is 1.25 bits per heavy atom. The lowest BCUT2D eigenvalue weighted by atomic mass is 10.2. The lowest BCUT2D eigenvalue weighted by Gasteiger charge is -2.09. The van der Waals surface area contributed by atoms with E-state index in [4.69, 9.17) is 4.74 Å². The number of hydrogen-bond donors (Lipinski definition) is 1. The predicted octanol–water partition coefficient (Wildman–Crippen LogP) is 2.86. The number of ether oxygens (including phenoxy) is 1. The Morgan fingerprint density at radius 2 is 1.96 bits per heavy atom. The topological polar surface area (TPSA) is 55.6 Å². The van der Waals surface area contributed by atoms with Crippen molar-refractivity contribution in [2.45, 2.75) is 13.5 Å². The number of benzene rings is 1. The Kier molecular flexibility index (Phi) is 4.16. The molecule has 5 nitrogen and oxygen atoms in total. The Morgan fingerprint density at radius 3 is 2.62 bits per heavy atom. The van der Waals surface area contributed by atoms with Crippen LogP contribution in [0.3, 0.4) is 0 Å². The smallest absolute Gasteiger partial charge is 0.269 e. The maximum Gasteiger partial charge on any atom is 0.269 e. The molecule has 0 saturated heterocycles. The van der Waals surface area contributed by atoms with Gasteiger partial charge in [0.1, 0.15) is 23.9 Å². The molecule has 0 aliphatic rings. The summed E-state index contributed by atoms with van der Waals surface area (Å²) in [6.07, 6.45) is 1.68. The molecule has 1 amide bonds. The minimum atomic E-state index is -0.674. The molecule has 0 radical (unpaired) electrons. The zero-order chi connectivity index (χ0) is 17.3. The van der Waals surface area contributed by atoms with Crippen molar-refractivity contribution in [3.63, 3.8) is 0 Å². The molecule has 0 saturated carbocycles. The minimum Gasteiger partial charge on any atom is -0.485 e. The number of carbonyl (C=O) groups excluding carboxylic acids is 1. The molecule has 0 aliphatic heterocycles. The summed E-state index contributed by atoms with van der Waals surface area (Å²) in [5.74, 6) is -1.30. The second-order valence-corrected chi connectivity index (χ2v) is 5.18. The van der Waals surface area contributed by atoms with Gasteiger partial charge in [-0.3, -0.25) is 9.20 Å². The Labute approximate surface area is 136 Å². The van der Waals surface area contributed by atoms with E-state index in [1.165, 1.54) is 25.2 Å². The number of hydrogen-bond acceptors (Lipinski definition) is 3. The van der Waals surface area contributed by atoms with Crippen LogP contribution in [0.4, 0.5) is 8.78 Å². The molecule has 0 bridgehead atoms. The maximum atomic E-state index is 13.7. The van der Waals surface area contributed by atoms with Crippen molar-refractivity contribution in [1.82, 2.24) is 14.7 Å². The lowest BCUT2D eigenvalue weighted by molar-refractivity contribution is 0.0956. The van der Waals surface area contributed by atoms with Crippen molar-refractivity contribution in [1.29, 1.82) is 0 Å². The third kappa shape index (κ3) is 2.68. The first-order valence-electron chi connectivity index (χ1n) is 7.28. The van der Waals surface area contributed by atoms with Crippen LogP contribution in [0, 0.1) is 18.6 Å². The highest BCUT2D eigenvalue weighted by Gasteiger charge is 2.18. The van der Waals surface area contributed by atoms with Crippen molar-refractivity contribution in [3.8, 4) is 5.75 Å². The summed E-state index contributed by atoms with van der Waals surface area (Å²) in [5.41, 5.74) is 1.16. The zero-order valence-electron chi connectivity index (χ0n) is 13.1. The van der Waals surface area contributed by atoms with E-state index in [0.717, 1.165) is 0 Å². The molecule has 3 aromatic rings. The van der Waals surface area contributed by atoms with Gasteiger partial charge in [0.2, 0.25) is 0 Å². The number of amides is 1. The SMILES string of the molecule is CNC(=O)c1c(C)nc2c(OCc3c(F)cccc3F)cccn12. The van der Waals surface area contributed by atoms with Gasteiger partial charge in [0.05, 0.1) is 11.3 Å². The molecule has 0 fully saturated rings. The highest BCUT2D eigenvalue weighted by atomic mass is 19.1. The Hall–Kier alpha value is -2.96. The monoisotopic (exact) mass is 331 g/mol. The summed E-state index contributed by atoms with van der Waals surface area (Å²) in [6, 6.07) is 6.95. The quantitative estimate of drug-likeness (QED) is 0.800. The zero-order valence-corrected chi connectivity index (χ0v) is 13.1. The summed E-state index contributed by atoms with van der Waals surface area (Å²) in [4.78, 5) is 16.3. The van der Waals surface area contributed by atoms with Crippen LogP contribution in [0.25, 0.3) is 5.65 Å². The highest BCUT2D eigenvalue weighted by molar-refractivity contribution is 5.94. The van der Waals surface area contributed by atoms with Gasteiger partial charge in [0.25, 0.3) is 5.91 Å². The van der Waals surface area contributed by atoms with Crippen molar-refractivity contribution < 1.29 is 18.3 Å². The molecule has 2 heterocycles. The summed E-state index contributed by atoms with van der Waals surface area (Å²) >= 11 is 0. The third-order valence-corrected chi connectivity index (χ3v) is 3.66. The third-order valence-electron chi connectivity index (χ3n) is 3.66. The number of aromatic nitrogens is 2. The van der Waals surface area contributed by atoms with Crippen LogP contribution in [0.5, 0.6) is 5.75 Å². The van der Waals surface area contributed by atoms with Crippen LogP contribution in [-0.2, 0) is 6.61 Å². The van der Waals surface area contributed by atoms with Gasteiger partial charge in [-0.15, -0.1) is 0 Å². The van der Waals surface area contributed by atoms with Gasteiger partial charge in [-0.25, -0.2) is 13.8 Å². The number of nitrogens with one attached hydrogen (secondary N) is 1. The van der Waals surface area contributed by atoms with Gasteiger partial charge in [0.15, 0.2) is 11.4 Å². The molecule has 7 heteroatoms. The number of carbonyl (C=O) groups is 1. The van der Waals surface area contributed by atoms with E-state index in [2.05, 4.69) is 10.3 Å². The number of imidazole rings is 1. The summed E-state index contributed by atoms with van der Waals surface area (Å²) < 4.78 is 34.5. The summed E-state index contributed by atoms with van der Waals surface area (Å²) in [6.45, 7) is 1.43. The van der Waals surface area contributed by atoms with E-state index in [9.17, 15) is 13.6 Å². The number of aryl methyl sites for hydroxylation is 1. The van der Waals surface area contributed by atoms with E-state index < -0.39 is 11.6 Å². The molecule has 2 aromatic heterocycles. The molecule has 0 spiro atoms. The Bertz CT molecular complexity index is 901. The molecule has 0 aliphatic carbocycles. The number of rotatable bonds is 4. The fourth-order valence-corrected chi connectivity index (χ4v) is 2.48. The highest BCUT2D eigenvalue weighted by Crippen LogP contribution is 2.24. The largest absolute Gasteiger partial charge is 0.485 e. The van der Waals surface area contributed by atoms with Crippen LogP contribution < -0.4 is 10.1 Å². The van der Waals surface area contributed by atoms with Crippen molar-refractivity contribution in [3.05, 3.63) is 65.1 Å². The van der Waals surface area contributed by atoms with Gasteiger partial charge >= 0.3 is 0 Å². The molecule has 1 aromatic carbocycles. The first-order chi connectivity index (χ1) is 11.5. The standard InChI is InChI=1S/C17H15F2N3O2/c1-10-15(17(23)20-2)22-8-4-7-14(16(22)21-10)24-9-11-12(18)5-3-6-13(11)19/h3-8H,9H2,1-2H3,(H,20,23). The number of pyridine rings is 1. The second kappa shape index (κ2) is 6.27. The van der Waals surface area contributed by atoms with Gasteiger partial charge < -0.3 is 10.1 Å². The van der Waals surface area contributed by atoms with Crippen LogP contribution in [0.15, 0.2) is 36.5 Å². The van der Waals surface area contributed by atoms with Crippen molar-refractivity contribution in [2.24, 2.45) is 0 Å². The van der Waals surface area contributed by atoms with Crippen molar-refractivity contribution in [2.75, 3.05) is 7.05 Å². The average Bonchev–Trinajstić information content (AvgIpc) is 2.90. The molecule has 1 N–H and O–H groups in total. The van der Waals surface area contributed by atoms with Gasteiger partial charge in [-0.05, 0) is 31.2 Å². The van der Waals surface area contributed by atoms with Crippen LogP contribution >= 0.6 is 0 Å². The Balaban J connectivity index is 1.98. The molecule has 3 rings (SSSR count). The van der Waals surface area contributed by atoms with Crippen LogP contribution in [-0.4, -0.2) is 22.3 Å². The normalized spacial score (nSPS) is 10.8. The number of fused-ring (bicyclic) bond motifs is 1.